The number of carbonyl (C=O) groups is 1. The molecule has 1 saturated heterocycles. The fourth-order valence-corrected chi connectivity index (χ4v) is 1.25. The van der Waals surface area contributed by atoms with Crippen molar-refractivity contribution in [2.75, 3.05) is 19.7 Å². The third-order valence-corrected chi connectivity index (χ3v) is 1.97. The van der Waals surface area contributed by atoms with Gasteiger partial charge in [-0.3, -0.25) is 0 Å². The summed E-state index contributed by atoms with van der Waals surface area (Å²) in [4.78, 5) is 12.7. The van der Waals surface area contributed by atoms with Crippen LogP contribution in [0, 0.1) is 0 Å². The summed E-state index contributed by atoms with van der Waals surface area (Å²) in [6.45, 7) is 3.27. The Kier molecular flexibility index (Phi) is 3.34. The van der Waals surface area contributed by atoms with Crippen LogP contribution in [-0.2, 0) is 9.84 Å². The van der Waals surface area contributed by atoms with E-state index in [-0.39, 0.29) is 6.09 Å². The smallest absolute Gasteiger partial charge is 0.409 e. The van der Waals surface area contributed by atoms with E-state index >= 15 is 0 Å². The standard InChI is InChI=1S/C8H14NO3/c1-2-12-8(11)9-5-3-7(10)4-6-9/h7H,2-6H2,1H3. The predicted octanol–water partition coefficient (Wildman–Crippen LogP) is 1.04. The number of hydrogen-bond donors (Lipinski definition) is 0. The molecule has 1 rings (SSSR count). The molecular weight excluding hydrogens is 158 g/mol. The number of ether oxygens (including phenoxy) is 1. The molecule has 0 aromatic carbocycles. The molecule has 1 aliphatic heterocycles. The van der Waals surface area contributed by atoms with Gasteiger partial charge in [-0.25, -0.2) is 9.90 Å². The number of piperidine rings is 1. The Hall–Kier alpha value is -0.770. The highest BCUT2D eigenvalue weighted by molar-refractivity contribution is 5.67. The summed E-state index contributed by atoms with van der Waals surface area (Å²) < 4.78 is 4.80. The lowest BCUT2D eigenvalue weighted by atomic mass is 10.1. The second kappa shape index (κ2) is 4.30. The van der Waals surface area contributed by atoms with Crippen LogP contribution in [-0.4, -0.2) is 36.8 Å². The third-order valence-electron chi connectivity index (χ3n) is 1.97. The van der Waals surface area contributed by atoms with Crippen molar-refractivity contribution in [3.63, 3.8) is 0 Å². The Morgan fingerprint density at radius 2 is 2.08 bits per heavy atom. The van der Waals surface area contributed by atoms with Crippen LogP contribution in [0.3, 0.4) is 0 Å². The zero-order valence-corrected chi connectivity index (χ0v) is 7.28. The van der Waals surface area contributed by atoms with E-state index in [1.54, 1.807) is 11.8 Å². The molecule has 1 heterocycles. The van der Waals surface area contributed by atoms with E-state index in [1.165, 1.54) is 0 Å². The Morgan fingerprint density at radius 3 is 2.58 bits per heavy atom. The van der Waals surface area contributed by atoms with E-state index in [9.17, 15) is 9.90 Å². The minimum Gasteiger partial charge on any atom is -0.450 e. The van der Waals surface area contributed by atoms with Gasteiger partial charge in [0.1, 0.15) is 0 Å². The van der Waals surface area contributed by atoms with Gasteiger partial charge in [0, 0.05) is 13.1 Å². The molecule has 0 spiro atoms. The minimum absolute atomic E-state index is 0.288. The predicted molar refractivity (Wildman–Crippen MR) is 42.3 cm³/mol. The number of hydrogen-bond acceptors (Lipinski definition) is 2. The highest BCUT2D eigenvalue weighted by Gasteiger charge is 2.22. The molecule has 0 saturated carbocycles. The van der Waals surface area contributed by atoms with E-state index in [0.717, 1.165) is 0 Å². The molecule has 12 heavy (non-hydrogen) atoms. The molecule has 1 fully saturated rings. The molecule has 0 aliphatic carbocycles. The third kappa shape index (κ3) is 2.37. The summed E-state index contributed by atoms with van der Waals surface area (Å²) in [6.07, 6.45) is 0.331. The van der Waals surface area contributed by atoms with Crippen molar-refractivity contribution in [2.24, 2.45) is 0 Å². The van der Waals surface area contributed by atoms with Crippen molar-refractivity contribution < 1.29 is 14.6 Å². The molecule has 4 heteroatoms. The second-order valence-electron chi connectivity index (χ2n) is 2.89. The molecule has 1 radical (unpaired) electrons. The SMILES string of the molecule is CCOC(=O)N1CCC([O])CC1. The highest BCUT2D eigenvalue weighted by atomic mass is 16.6. The van der Waals surface area contributed by atoms with Gasteiger partial charge < -0.3 is 9.64 Å². The van der Waals surface area contributed by atoms with E-state index in [1.807, 2.05) is 0 Å². The maximum Gasteiger partial charge on any atom is 0.409 e. The molecule has 0 bridgehead atoms. The first kappa shape index (κ1) is 9.32. The lowest BCUT2D eigenvalue weighted by Crippen LogP contribution is -2.40. The lowest BCUT2D eigenvalue weighted by molar-refractivity contribution is 0.0239. The van der Waals surface area contributed by atoms with Crippen molar-refractivity contribution >= 4 is 6.09 Å². The van der Waals surface area contributed by atoms with Crippen LogP contribution in [0.5, 0.6) is 0 Å². The number of nitrogens with zero attached hydrogens (tertiary/aromatic N) is 1. The summed E-state index contributed by atoms with van der Waals surface area (Å²) in [5.41, 5.74) is 0. The largest absolute Gasteiger partial charge is 0.450 e. The Morgan fingerprint density at radius 1 is 1.50 bits per heavy atom. The Labute approximate surface area is 72.1 Å². The van der Waals surface area contributed by atoms with Crippen LogP contribution in [0.25, 0.3) is 0 Å². The topological polar surface area (TPSA) is 49.4 Å². The Balaban J connectivity index is 2.29. The van der Waals surface area contributed by atoms with Crippen LogP contribution < -0.4 is 0 Å². The van der Waals surface area contributed by atoms with E-state index in [4.69, 9.17) is 4.74 Å². The minimum atomic E-state index is -0.490. The first-order valence-electron chi connectivity index (χ1n) is 4.31. The number of amides is 1. The fraction of sp³-hybridized carbons (Fsp3) is 0.875. The molecule has 0 N–H and O–H groups in total. The first-order chi connectivity index (χ1) is 5.74. The maximum atomic E-state index is 11.1. The number of likely N-dealkylation sites (tertiary alicyclic amines) is 1. The molecule has 69 valence electrons. The van der Waals surface area contributed by atoms with Crippen LogP contribution >= 0.6 is 0 Å². The molecule has 1 aliphatic rings. The van der Waals surface area contributed by atoms with Gasteiger partial charge in [-0.1, -0.05) is 0 Å². The summed E-state index contributed by atoms with van der Waals surface area (Å²) in [6, 6.07) is 0. The lowest BCUT2D eigenvalue weighted by Gasteiger charge is -2.27. The van der Waals surface area contributed by atoms with Gasteiger partial charge in [0.2, 0.25) is 0 Å². The molecular formula is C8H14NO3. The van der Waals surface area contributed by atoms with Crippen LogP contribution in [0.4, 0.5) is 4.79 Å². The van der Waals surface area contributed by atoms with Gasteiger partial charge in [-0.15, -0.1) is 0 Å². The molecule has 4 nitrogen and oxygen atoms in total. The highest BCUT2D eigenvalue weighted by Crippen LogP contribution is 2.11. The van der Waals surface area contributed by atoms with Crippen molar-refractivity contribution in [3.05, 3.63) is 0 Å². The summed E-state index contributed by atoms with van der Waals surface area (Å²) in [7, 11) is 0. The van der Waals surface area contributed by atoms with Gasteiger partial charge >= 0.3 is 6.09 Å². The van der Waals surface area contributed by atoms with Crippen LogP contribution in [0.15, 0.2) is 0 Å². The van der Waals surface area contributed by atoms with E-state index < -0.39 is 6.10 Å². The first-order valence-corrected chi connectivity index (χ1v) is 4.31. The van der Waals surface area contributed by atoms with E-state index in [2.05, 4.69) is 0 Å². The molecule has 0 aromatic rings. The van der Waals surface area contributed by atoms with Gasteiger partial charge in [0.05, 0.1) is 12.7 Å². The van der Waals surface area contributed by atoms with E-state index in [0.29, 0.717) is 32.5 Å². The number of carbonyl (C=O) groups excluding carboxylic acids is 1. The monoisotopic (exact) mass is 172 g/mol. The Bertz CT molecular complexity index is 152. The van der Waals surface area contributed by atoms with Gasteiger partial charge in [0.25, 0.3) is 0 Å². The fourth-order valence-electron chi connectivity index (χ4n) is 1.25. The van der Waals surface area contributed by atoms with Crippen LogP contribution in [0.1, 0.15) is 19.8 Å². The normalized spacial score (nSPS) is 19.3. The summed E-state index contributed by atoms with van der Waals surface area (Å²) >= 11 is 0. The zero-order valence-electron chi connectivity index (χ0n) is 7.28. The van der Waals surface area contributed by atoms with Gasteiger partial charge in [0.15, 0.2) is 0 Å². The number of rotatable bonds is 1. The quantitative estimate of drug-likeness (QED) is 0.593. The average molecular weight is 172 g/mol. The van der Waals surface area contributed by atoms with Crippen molar-refractivity contribution in [1.29, 1.82) is 0 Å². The van der Waals surface area contributed by atoms with Gasteiger partial charge in [-0.2, -0.15) is 0 Å². The molecule has 0 atom stereocenters. The summed E-state index contributed by atoms with van der Waals surface area (Å²) in [5, 5.41) is 10.9. The van der Waals surface area contributed by atoms with Crippen molar-refractivity contribution in [3.8, 4) is 0 Å². The van der Waals surface area contributed by atoms with Crippen molar-refractivity contribution in [1.82, 2.24) is 4.90 Å². The van der Waals surface area contributed by atoms with Gasteiger partial charge in [-0.05, 0) is 19.8 Å². The molecule has 0 unspecified atom stereocenters. The second-order valence-corrected chi connectivity index (χ2v) is 2.89. The molecule has 0 aromatic heterocycles. The summed E-state index contributed by atoms with van der Waals surface area (Å²) in [5.74, 6) is 0. The molecule has 1 amide bonds. The average Bonchev–Trinajstić information content (AvgIpc) is 2.06. The van der Waals surface area contributed by atoms with Crippen molar-refractivity contribution in [2.45, 2.75) is 25.9 Å². The zero-order chi connectivity index (χ0) is 8.97. The van der Waals surface area contributed by atoms with Crippen LogP contribution in [0.2, 0.25) is 0 Å². The maximum absolute atomic E-state index is 11.1.